The van der Waals surface area contributed by atoms with Crippen LogP contribution in [0.4, 0.5) is 11.5 Å². The highest BCUT2D eigenvalue weighted by Crippen LogP contribution is 2.26. The molecule has 2 aromatic rings. The van der Waals surface area contributed by atoms with Gasteiger partial charge in [0, 0.05) is 51.5 Å². The van der Waals surface area contributed by atoms with Gasteiger partial charge in [0.25, 0.3) is 0 Å². The van der Waals surface area contributed by atoms with E-state index in [1.165, 1.54) is 5.56 Å². The number of hydrogen-bond acceptors (Lipinski definition) is 7. The molecule has 8 heteroatoms. The molecular formula is C23H33N5O3. The van der Waals surface area contributed by atoms with Gasteiger partial charge in [-0.1, -0.05) is 12.1 Å². The van der Waals surface area contributed by atoms with Gasteiger partial charge in [-0.3, -0.25) is 14.7 Å². The molecule has 1 amide bonds. The molecule has 3 rings (SSSR count). The third-order valence-corrected chi connectivity index (χ3v) is 5.45. The van der Waals surface area contributed by atoms with Crippen molar-refractivity contribution in [1.82, 2.24) is 14.8 Å². The predicted octanol–water partition coefficient (Wildman–Crippen LogP) is 2.28. The van der Waals surface area contributed by atoms with Crippen LogP contribution in [0.1, 0.15) is 18.9 Å². The van der Waals surface area contributed by atoms with Crippen LogP contribution in [0.2, 0.25) is 0 Å². The Morgan fingerprint density at radius 1 is 1.26 bits per heavy atom. The van der Waals surface area contributed by atoms with Gasteiger partial charge in [0.05, 0.1) is 12.1 Å². The zero-order valence-electron chi connectivity index (χ0n) is 18.5. The quantitative estimate of drug-likeness (QED) is 0.462. The van der Waals surface area contributed by atoms with E-state index in [4.69, 9.17) is 15.2 Å². The lowest BCUT2D eigenvalue weighted by Gasteiger charge is -2.34. The smallest absolute Gasteiger partial charge is 0.248 e. The fourth-order valence-corrected chi connectivity index (χ4v) is 3.72. The number of nitrogens with zero attached hydrogens (tertiary/aromatic N) is 4. The number of ether oxygens (including phenoxy) is 2. The second kappa shape index (κ2) is 11.7. The zero-order valence-corrected chi connectivity index (χ0v) is 18.5. The lowest BCUT2D eigenvalue weighted by atomic mass is 10.1. The molecule has 0 radical (unpaired) electrons. The average Bonchev–Trinajstić information content (AvgIpc) is 2.77. The fraction of sp³-hybridized carbons (Fsp3) is 0.522. The van der Waals surface area contributed by atoms with Crippen LogP contribution in [0.3, 0.4) is 0 Å². The molecule has 1 aliphatic rings. The SMILES string of the molecule is CCOCC=Nc1cc2ccc(CCCN3CCN(C(=O)COC)CC3)cc2nc1N. The largest absolute Gasteiger partial charge is 0.382 e. The van der Waals surface area contributed by atoms with Crippen LogP contribution in [-0.2, 0) is 20.7 Å². The molecule has 1 fully saturated rings. The molecule has 0 atom stereocenters. The van der Waals surface area contributed by atoms with Gasteiger partial charge >= 0.3 is 0 Å². The van der Waals surface area contributed by atoms with Crippen LogP contribution >= 0.6 is 0 Å². The molecule has 0 saturated carbocycles. The van der Waals surface area contributed by atoms with Crippen molar-refractivity contribution < 1.29 is 14.3 Å². The Balaban J connectivity index is 1.50. The van der Waals surface area contributed by atoms with Gasteiger partial charge in [0.15, 0.2) is 0 Å². The maximum absolute atomic E-state index is 11.9. The van der Waals surface area contributed by atoms with E-state index < -0.39 is 0 Å². The minimum absolute atomic E-state index is 0.0771. The van der Waals surface area contributed by atoms with E-state index >= 15 is 0 Å². The molecule has 0 spiro atoms. The first-order valence-electron chi connectivity index (χ1n) is 10.9. The number of pyridine rings is 1. The fourth-order valence-electron chi connectivity index (χ4n) is 3.72. The molecule has 1 saturated heterocycles. The number of carbonyl (C=O) groups is 1. The second-order valence-corrected chi connectivity index (χ2v) is 7.65. The van der Waals surface area contributed by atoms with Gasteiger partial charge in [0.1, 0.15) is 18.1 Å². The summed E-state index contributed by atoms with van der Waals surface area (Å²) in [5.41, 5.74) is 8.91. The number of hydrogen-bond donors (Lipinski definition) is 1. The number of aliphatic imine (C=N–C) groups is 1. The van der Waals surface area contributed by atoms with Crippen molar-refractivity contribution >= 4 is 34.5 Å². The van der Waals surface area contributed by atoms with E-state index in [0.717, 1.165) is 56.5 Å². The summed E-state index contributed by atoms with van der Waals surface area (Å²) >= 11 is 0. The Labute approximate surface area is 184 Å². The summed E-state index contributed by atoms with van der Waals surface area (Å²) in [5, 5.41) is 1.03. The van der Waals surface area contributed by atoms with E-state index in [1.807, 2.05) is 17.9 Å². The lowest BCUT2D eigenvalue weighted by molar-refractivity contribution is -0.136. The molecule has 0 aliphatic carbocycles. The Bertz CT molecular complexity index is 894. The molecule has 1 aromatic carbocycles. The summed E-state index contributed by atoms with van der Waals surface area (Å²) in [4.78, 5) is 25.1. The minimum Gasteiger partial charge on any atom is -0.382 e. The van der Waals surface area contributed by atoms with Gasteiger partial charge in [-0.15, -0.1) is 0 Å². The number of aromatic nitrogens is 1. The predicted molar refractivity (Wildman–Crippen MR) is 124 cm³/mol. The molecule has 0 unspecified atom stereocenters. The summed E-state index contributed by atoms with van der Waals surface area (Å²) in [5.74, 6) is 0.506. The highest BCUT2D eigenvalue weighted by molar-refractivity contribution is 5.86. The summed E-state index contributed by atoms with van der Waals surface area (Å²) in [6.45, 7) is 7.64. The molecule has 31 heavy (non-hydrogen) atoms. The number of nitrogen functional groups attached to an aromatic ring is 1. The number of fused-ring (bicyclic) bond motifs is 1. The summed E-state index contributed by atoms with van der Waals surface area (Å²) < 4.78 is 10.2. The maximum atomic E-state index is 11.9. The van der Waals surface area contributed by atoms with Gasteiger partial charge < -0.3 is 20.1 Å². The Morgan fingerprint density at radius 3 is 2.81 bits per heavy atom. The average molecular weight is 428 g/mol. The number of anilines is 1. The summed E-state index contributed by atoms with van der Waals surface area (Å²) in [6.07, 6.45) is 3.76. The van der Waals surface area contributed by atoms with Crippen LogP contribution in [0, 0.1) is 0 Å². The number of nitrogens with two attached hydrogens (primary N) is 1. The number of rotatable bonds is 10. The van der Waals surface area contributed by atoms with Crippen molar-refractivity contribution in [2.24, 2.45) is 4.99 Å². The first kappa shape index (κ1) is 23.1. The highest BCUT2D eigenvalue weighted by Gasteiger charge is 2.20. The molecule has 1 aromatic heterocycles. The van der Waals surface area contributed by atoms with Gasteiger partial charge in [0.2, 0.25) is 5.91 Å². The first-order valence-corrected chi connectivity index (χ1v) is 10.9. The van der Waals surface area contributed by atoms with E-state index in [-0.39, 0.29) is 12.5 Å². The van der Waals surface area contributed by atoms with Crippen molar-refractivity contribution in [2.45, 2.75) is 19.8 Å². The Morgan fingerprint density at radius 2 is 2.06 bits per heavy atom. The van der Waals surface area contributed by atoms with Gasteiger partial charge in [-0.05, 0) is 44.0 Å². The van der Waals surface area contributed by atoms with Crippen molar-refractivity contribution in [2.75, 3.05) is 65.4 Å². The number of aryl methyl sites for hydroxylation is 1. The molecule has 0 bridgehead atoms. The van der Waals surface area contributed by atoms with Crippen molar-refractivity contribution in [3.05, 3.63) is 29.8 Å². The molecule has 168 valence electrons. The third kappa shape index (κ3) is 6.72. The van der Waals surface area contributed by atoms with Crippen LogP contribution in [0.15, 0.2) is 29.3 Å². The number of methoxy groups -OCH3 is 1. The number of piperazine rings is 1. The second-order valence-electron chi connectivity index (χ2n) is 7.65. The standard InChI is InChI=1S/C23H33N5O3/c1-3-31-14-8-25-21-16-19-7-6-18(15-20(19)26-23(21)24)5-4-9-27-10-12-28(13-11-27)22(29)17-30-2/h6-8,15-16H,3-5,9-14,17H2,1-2H3,(H2,24,26). The van der Waals surface area contributed by atoms with E-state index in [9.17, 15) is 4.79 Å². The van der Waals surface area contributed by atoms with Crippen molar-refractivity contribution in [3.8, 4) is 0 Å². The van der Waals surface area contributed by atoms with Gasteiger partial charge in [-0.2, -0.15) is 0 Å². The number of benzene rings is 1. The van der Waals surface area contributed by atoms with E-state index in [1.54, 1.807) is 13.3 Å². The molecule has 2 N–H and O–H groups in total. The maximum Gasteiger partial charge on any atom is 0.248 e. The Hall–Kier alpha value is -2.55. The summed E-state index contributed by atoms with van der Waals surface area (Å²) in [6, 6.07) is 8.31. The van der Waals surface area contributed by atoms with Crippen LogP contribution in [-0.4, -0.2) is 86.6 Å². The highest BCUT2D eigenvalue weighted by atomic mass is 16.5. The topological polar surface area (TPSA) is 93.3 Å². The molecular weight excluding hydrogens is 394 g/mol. The molecule has 1 aliphatic heterocycles. The normalized spacial score (nSPS) is 15.2. The van der Waals surface area contributed by atoms with Crippen molar-refractivity contribution in [1.29, 1.82) is 0 Å². The monoisotopic (exact) mass is 427 g/mol. The van der Waals surface area contributed by atoms with E-state index in [2.05, 4.69) is 33.1 Å². The van der Waals surface area contributed by atoms with Gasteiger partial charge in [-0.25, -0.2) is 4.98 Å². The third-order valence-electron chi connectivity index (χ3n) is 5.45. The van der Waals surface area contributed by atoms with Crippen LogP contribution < -0.4 is 5.73 Å². The number of carbonyl (C=O) groups excluding carboxylic acids is 1. The minimum atomic E-state index is 0.0771. The Kier molecular flexibility index (Phi) is 8.75. The van der Waals surface area contributed by atoms with Crippen LogP contribution in [0.5, 0.6) is 0 Å². The summed E-state index contributed by atoms with van der Waals surface area (Å²) in [7, 11) is 1.56. The lowest BCUT2D eigenvalue weighted by Crippen LogP contribution is -2.49. The number of amides is 1. The molecule has 2 heterocycles. The van der Waals surface area contributed by atoms with Crippen LogP contribution in [0.25, 0.3) is 10.9 Å². The zero-order chi connectivity index (χ0) is 22.1. The van der Waals surface area contributed by atoms with E-state index in [0.29, 0.717) is 24.7 Å². The van der Waals surface area contributed by atoms with Crippen molar-refractivity contribution in [3.63, 3.8) is 0 Å². The molecule has 8 nitrogen and oxygen atoms in total. The first-order chi connectivity index (χ1) is 15.1.